The van der Waals surface area contributed by atoms with Crippen LogP contribution in [-0.2, 0) is 11.3 Å². The first-order chi connectivity index (χ1) is 9.62. The third-order valence-electron chi connectivity index (χ3n) is 3.57. The van der Waals surface area contributed by atoms with Crippen molar-refractivity contribution in [3.8, 4) is 0 Å². The fourth-order valence-electron chi connectivity index (χ4n) is 2.45. The SMILES string of the molecule is O=C(NCCn1ccnn1)NC1(C(=O)O)CCCCC1. The molecule has 0 aliphatic heterocycles. The van der Waals surface area contributed by atoms with Crippen molar-refractivity contribution in [2.24, 2.45) is 0 Å². The number of aliphatic carboxylic acids is 1. The van der Waals surface area contributed by atoms with Crippen molar-refractivity contribution in [1.29, 1.82) is 0 Å². The maximum Gasteiger partial charge on any atom is 0.329 e. The van der Waals surface area contributed by atoms with E-state index >= 15 is 0 Å². The Bertz CT molecular complexity index is 454. The fourth-order valence-corrected chi connectivity index (χ4v) is 2.45. The molecular weight excluding hydrogens is 262 g/mol. The molecule has 3 N–H and O–H groups in total. The van der Waals surface area contributed by atoms with Crippen LogP contribution in [0.25, 0.3) is 0 Å². The minimum absolute atomic E-state index is 0.366. The van der Waals surface area contributed by atoms with Crippen molar-refractivity contribution in [3.63, 3.8) is 0 Å². The second-order valence-electron chi connectivity index (χ2n) is 4.99. The molecule has 8 nitrogen and oxygen atoms in total. The molecule has 1 aromatic rings. The second-order valence-corrected chi connectivity index (χ2v) is 4.99. The van der Waals surface area contributed by atoms with Gasteiger partial charge in [-0.1, -0.05) is 24.5 Å². The number of hydrogen-bond donors (Lipinski definition) is 3. The molecule has 0 unspecified atom stereocenters. The summed E-state index contributed by atoms with van der Waals surface area (Å²) in [6.07, 6.45) is 6.89. The number of nitrogens with zero attached hydrogens (tertiary/aromatic N) is 3. The summed E-state index contributed by atoms with van der Waals surface area (Å²) in [4.78, 5) is 23.2. The van der Waals surface area contributed by atoms with Crippen LogP contribution >= 0.6 is 0 Å². The topological polar surface area (TPSA) is 109 Å². The van der Waals surface area contributed by atoms with E-state index < -0.39 is 17.5 Å². The highest BCUT2D eigenvalue weighted by molar-refractivity contribution is 5.86. The summed E-state index contributed by atoms with van der Waals surface area (Å²) < 4.78 is 1.59. The predicted molar refractivity (Wildman–Crippen MR) is 70.0 cm³/mol. The Hall–Kier alpha value is -2.12. The molecule has 1 heterocycles. The molecule has 1 aromatic heterocycles. The molecule has 2 rings (SSSR count). The highest BCUT2D eigenvalue weighted by Crippen LogP contribution is 2.28. The Morgan fingerprint density at radius 1 is 1.30 bits per heavy atom. The maximum absolute atomic E-state index is 11.8. The van der Waals surface area contributed by atoms with Gasteiger partial charge in [0.1, 0.15) is 5.54 Å². The van der Waals surface area contributed by atoms with Crippen LogP contribution in [0.2, 0.25) is 0 Å². The zero-order chi connectivity index (χ0) is 14.4. The lowest BCUT2D eigenvalue weighted by atomic mass is 9.82. The molecule has 1 aliphatic carbocycles. The minimum atomic E-state index is -1.12. The first-order valence-corrected chi connectivity index (χ1v) is 6.76. The molecule has 0 saturated heterocycles. The molecule has 0 spiro atoms. The molecule has 0 aromatic carbocycles. The van der Waals surface area contributed by atoms with Crippen LogP contribution in [-0.4, -0.2) is 44.2 Å². The maximum atomic E-state index is 11.8. The smallest absolute Gasteiger partial charge is 0.329 e. The van der Waals surface area contributed by atoms with Crippen molar-refractivity contribution < 1.29 is 14.7 Å². The van der Waals surface area contributed by atoms with Gasteiger partial charge in [-0.3, -0.25) is 4.68 Å². The number of hydrogen-bond acceptors (Lipinski definition) is 4. The van der Waals surface area contributed by atoms with Crippen LogP contribution in [0.3, 0.4) is 0 Å². The van der Waals surface area contributed by atoms with Crippen LogP contribution in [0, 0.1) is 0 Å². The predicted octanol–water partition coefficient (Wildman–Crippen LogP) is 0.365. The normalized spacial score (nSPS) is 17.4. The van der Waals surface area contributed by atoms with Crippen LogP contribution in [0.1, 0.15) is 32.1 Å². The Morgan fingerprint density at radius 2 is 2.05 bits per heavy atom. The van der Waals surface area contributed by atoms with Crippen LogP contribution in [0.4, 0.5) is 4.79 Å². The van der Waals surface area contributed by atoms with Gasteiger partial charge in [0.05, 0.1) is 12.7 Å². The lowest BCUT2D eigenvalue weighted by Crippen LogP contribution is -2.58. The van der Waals surface area contributed by atoms with E-state index in [0.29, 0.717) is 25.9 Å². The number of carbonyl (C=O) groups excluding carboxylic acids is 1. The first-order valence-electron chi connectivity index (χ1n) is 6.76. The van der Waals surface area contributed by atoms with Crippen molar-refractivity contribution in [2.45, 2.75) is 44.2 Å². The summed E-state index contributed by atoms with van der Waals surface area (Å²) >= 11 is 0. The van der Waals surface area contributed by atoms with Gasteiger partial charge in [-0.15, -0.1) is 5.10 Å². The van der Waals surface area contributed by atoms with Gasteiger partial charge >= 0.3 is 12.0 Å². The standard InChI is InChI=1S/C12H19N5O3/c18-10(19)12(4-2-1-3-5-12)15-11(20)13-6-8-17-9-7-14-16-17/h7,9H,1-6,8H2,(H,18,19)(H2,13,15,20). The summed E-state index contributed by atoms with van der Waals surface area (Å²) in [6.45, 7) is 0.860. The van der Waals surface area contributed by atoms with Gasteiger partial charge in [-0.25, -0.2) is 9.59 Å². The van der Waals surface area contributed by atoms with E-state index in [9.17, 15) is 14.7 Å². The lowest BCUT2D eigenvalue weighted by Gasteiger charge is -2.33. The Balaban J connectivity index is 1.81. The average Bonchev–Trinajstić information content (AvgIpc) is 2.93. The molecule has 0 bridgehead atoms. The van der Waals surface area contributed by atoms with Crippen molar-refractivity contribution >= 4 is 12.0 Å². The second kappa shape index (κ2) is 6.36. The Labute approximate surface area is 116 Å². The van der Waals surface area contributed by atoms with Gasteiger partial charge in [0.15, 0.2) is 0 Å². The van der Waals surface area contributed by atoms with Crippen molar-refractivity contribution in [2.75, 3.05) is 6.54 Å². The molecule has 1 saturated carbocycles. The number of rotatable bonds is 5. The summed E-state index contributed by atoms with van der Waals surface area (Å²) in [5.41, 5.74) is -1.12. The van der Waals surface area contributed by atoms with Gasteiger partial charge < -0.3 is 15.7 Å². The third-order valence-corrected chi connectivity index (χ3v) is 3.57. The first kappa shape index (κ1) is 14.3. The van der Waals surface area contributed by atoms with Gasteiger partial charge in [-0.05, 0) is 12.8 Å². The summed E-state index contributed by atoms with van der Waals surface area (Å²) in [7, 11) is 0. The molecular formula is C12H19N5O3. The molecule has 8 heteroatoms. The van der Waals surface area contributed by atoms with Gasteiger partial charge in [0.25, 0.3) is 0 Å². The van der Waals surface area contributed by atoms with E-state index in [4.69, 9.17) is 0 Å². The third kappa shape index (κ3) is 3.46. The summed E-state index contributed by atoms with van der Waals surface area (Å²) in [5, 5.41) is 22.0. The van der Waals surface area contributed by atoms with E-state index in [1.54, 1.807) is 17.1 Å². The molecule has 2 amide bonds. The summed E-state index contributed by atoms with van der Waals surface area (Å²) in [5.74, 6) is -0.955. The minimum Gasteiger partial charge on any atom is -0.480 e. The number of carboxylic acids is 1. The van der Waals surface area contributed by atoms with E-state index in [-0.39, 0.29) is 0 Å². The Kier molecular flexibility index (Phi) is 4.54. The van der Waals surface area contributed by atoms with Gasteiger partial charge in [0, 0.05) is 12.7 Å². The average molecular weight is 281 g/mol. The highest BCUT2D eigenvalue weighted by atomic mass is 16.4. The van der Waals surface area contributed by atoms with E-state index in [0.717, 1.165) is 19.3 Å². The molecule has 1 aliphatic rings. The number of amides is 2. The number of aromatic nitrogens is 3. The Morgan fingerprint density at radius 3 is 2.65 bits per heavy atom. The van der Waals surface area contributed by atoms with Crippen LogP contribution in [0.15, 0.2) is 12.4 Å². The number of carboxylic acid groups (broad SMARTS) is 1. The fraction of sp³-hybridized carbons (Fsp3) is 0.667. The summed E-state index contributed by atoms with van der Waals surface area (Å²) in [6, 6.07) is -0.450. The van der Waals surface area contributed by atoms with E-state index in [1.807, 2.05) is 0 Å². The number of carbonyl (C=O) groups is 2. The molecule has 110 valence electrons. The van der Waals surface area contributed by atoms with E-state index in [2.05, 4.69) is 20.9 Å². The van der Waals surface area contributed by atoms with Crippen molar-refractivity contribution in [1.82, 2.24) is 25.6 Å². The molecule has 0 radical (unpaired) electrons. The molecule has 0 atom stereocenters. The largest absolute Gasteiger partial charge is 0.480 e. The molecule has 20 heavy (non-hydrogen) atoms. The van der Waals surface area contributed by atoms with Crippen LogP contribution in [0.5, 0.6) is 0 Å². The highest BCUT2D eigenvalue weighted by Gasteiger charge is 2.40. The number of nitrogens with one attached hydrogen (secondary N) is 2. The lowest BCUT2D eigenvalue weighted by molar-refractivity contribution is -0.145. The van der Waals surface area contributed by atoms with Gasteiger partial charge in [-0.2, -0.15) is 0 Å². The quantitative estimate of drug-likeness (QED) is 0.722. The van der Waals surface area contributed by atoms with Crippen molar-refractivity contribution in [3.05, 3.63) is 12.4 Å². The monoisotopic (exact) mass is 281 g/mol. The van der Waals surface area contributed by atoms with E-state index in [1.165, 1.54) is 0 Å². The zero-order valence-electron chi connectivity index (χ0n) is 11.2. The van der Waals surface area contributed by atoms with Crippen LogP contribution < -0.4 is 10.6 Å². The number of urea groups is 1. The van der Waals surface area contributed by atoms with Gasteiger partial charge in [0.2, 0.25) is 0 Å². The molecule has 1 fully saturated rings. The zero-order valence-corrected chi connectivity index (χ0v) is 11.2.